The minimum absolute atomic E-state index is 0.0831. The Balaban J connectivity index is 2.48. The highest BCUT2D eigenvalue weighted by Crippen LogP contribution is 2.29. The quantitative estimate of drug-likeness (QED) is 0.754. The Bertz CT molecular complexity index is 521. The standard InChI is InChI=1S/C9H9NO4S/c1-15(12,13)6-2-3-7-8(4-6)14-5-9(11)10-7/h2-4H,5H2,1H3,(H,10,11). The molecule has 80 valence electrons. The second-order valence-electron chi connectivity index (χ2n) is 3.27. The molecule has 0 atom stereocenters. The molecule has 1 aliphatic heterocycles. The normalized spacial score (nSPS) is 15.1. The van der Waals surface area contributed by atoms with E-state index in [1.165, 1.54) is 18.2 Å². The molecule has 1 aliphatic rings. The lowest BCUT2D eigenvalue weighted by Crippen LogP contribution is -2.25. The molecular formula is C9H9NO4S. The zero-order chi connectivity index (χ0) is 11.1. The van der Waals surface area contributed by atoms with Crippen molar-refractivity contribution in [1.82, 2.24) is 0 Å². The fraction of sp³-hybridized carbons (Fsp3) is 0.222. The number of carbonyl (C=O) groups excluding carboxylic acids is 1. The summed E-state index contributed by atoms with van der Waals surface area (Å²) < 4.78 is 27.6. The van der Waals surface area contributed by atoms with E-state index in [0.717, 1.165) is 6.26 Å². The van der Waals surface area contributed by atoms with E-state index in [-0.39, 0.29) is 17.4 Å². The maximum Gasteiger partial charge on any atom is 0.262 e. The number of anilines is 1. The molecule has 2 rings (SSSR count). The fourth-order valence-corrected chi connectivity index (χ4v) is 1.92. The zero-order valence-electron chi connectivity index (χ0n) is 7.98. The van der Waals surface area contributed by atoms with E-state index < -0.39 is 9.84 Å². The van der Waals surface area contributed by atoms with Crippen LogP contribution in [0.5, 0.6) is 5.75 Å². The maximum atomic E-state index is 11.2. The third-order valence-corrected chi connectivity index (χ3v) is 3.12. The van der Waals surface area contributed by atoms with Gasteiger partial charge < -0.3 is 10.1 Å². The summed E-state index contributed by atoms with van der Waals surface area (Å²) in [5, 5.41) is 2.58. The van der Waals surface area contributed by atoms with E-state index in [9.17, 15) is 13.2 Å². The number of amides is 1. The Morgan fingerprint density at radius 3 is 2.80 bits per heavy atom. The van der Waals surface area contributed by atoms with Crippen LogP contribution in [0.3, 0.4) is 0 Å². The van der Waals surface area contributed by atoms with Gasteiger partial charge in [0.1, 0.15) is 5.75 Å². The van der Waals surface area contributed by atoms with E-state index in [4.69, 9.17) is 4.74 Å². The predicted octanol–water partition coefficient (Wildman–Crippen LogP) is 0.421. The Kier molecular flexibility index (Phi) is 2.15. The zero-order valence-corrected chi connectivity index (χ0v) is 8.80. The van der Waals surface area contributed by atoms with Crippen molar-refractivity contribution in [2.45, 2.75) is 4.90 Å². The van der Waals surface area contributed by atoms with Crippen molar-refractivity contribution < 1.29 is 17.9 Å². The number of fused-ring (bicyclic) bond motifs is 1. The van der Waals surface area contributed by atoms with Gasteiger partial charge in [0.2, 0.25) is 0 Å². The molecule has 0 bridgehead atoms. The minimum Gasteiger partial charge on any atom is -0.482 e. The summed E-state index contributed by atoms with van der Waals surface area (Å²) in [5.74, 6) is 0.145. The van der Waals surface area contributed by atoms with Gasteiger partial charge in [-0.05, 0) is 12.1 Å². The number of hydrogen-bond donors (Lipinski definition) is 1. The monoisotopic (exact) mass is 227 g/mol. The molecule has 0 unspecified atom stereocenters. The molecule has 5 nitrogen and oxygen atoms in total. The van der Waals surface area contributed by atoms with Gasteiger partial charge >= 0.3 is 0 Å². The van der Waals surface area contributed by atoms with Crippen molar-refractivity contribution in [2.24, 2.45) is 0 Å². The van der Waals surface area contributed by atoms with Crippen molar-refractivity contribution in [3.8, 4) is 5.75 Å². The average Bonchev–Trinajstić information content (AvgIpc) is 2.15. The molecule has 0 spiro atoms. The Hall–Kier alpha value is -1.56. The van der Waals surface area contributed by atoms with Crippen LogP contribution in [0.25, 0.3) is 0 Å². The average molecular weight is 227 g/mol. The number of rotatable bonds is 1. The lowest BCUT2D eigenvalue weighted by molar-refractivity contribution is -0.118. The molecule has 0 saturated heterocycles. The lowest BCUT2D eigenvalue weighted by atomic mass is 10.2. The first-order valence-electron chi connectivity index (χ1n) is 4.23. The summed E-state index contributed by atoms with van der Waals surface area (Å²) >= 11 is 0. The molecule has 0 aliphatic carbocycles. The van der Waals surface area contributed by atoms with Crippen molar-refractivity contribution in [1.29, 1.82) is 0 Å². The number of ether oxygens (including phenoxy) is 1. The molecular weight excluding hydrogens is 218 g/mol. The van der Waals surface area contributed by atoms with E-state index >= 15 is 0 Å². The third kappa shape index (κ3) is 1.94. The van der Waals surface area contributed by atoms with Gasteiger partial charge in [0.25, 0.3) is 5.91 Å². The number of nitrogens with one attached hydrogen (secondary N) is 1. The van der Waals surface area contributed by atoms with Gasteiger partial charge in [-0.3, -0.25) is 4.79 Å². The predicted molar refractivity (Wildman–Crippen MR) is 53.7 cm³/mol. The molecule has 1 aromatic carbocycles. The van der Waals surface area contributed by atoms with Gasteiger partial charge in [-0.1, -0.05) is 0 Å². The molecule has 15 heavy (non-hydrogen) atoms. The summed E-state index contributed by atoms with van der Waals surface area (Å²) in [4.78, 5) is 11.1. The van der Waals surface area contributed by atoms with Crippen LogP contribution < -0.4 is 10.1 Å². The second-order valence-corrected chi connectivity index (χ2v) is 5.28. The highest BCUT2D eigenvalue weighted by atomic mass is 32.2. The van der Waals surface area contributed by atoms with Crippen LogP contribution in [0.2, 0.25) is 0 Å². The van der Waals surface area contributed by atoms with E-state index in [1.807, 2.05) is 0 Å². The van der Waals surface area contributed by atoms with Crippen LogP contribution in [-0.4, -0.2) is 27.2 Å². The van der Waals surface area contributed by atoms with Crippen molar-refractivity contribution in [2.75, 3.05) is 18.2 Å². The Labute approximate surface area is 87.0 Å². The van der Waals surface area contributed by atoms with Crippen LogP contribution in [0.4, 0.5) is 5.69 Å². The van der Waals surface area contributed by atoms with Crippen LogP contribution in [0.15, 0.2) is 23.1 Å². The Morgan fingerprint density at radius 2 is 2.13 bits per heavy atom. The second kappa shape index (κ2) is 3.23. The number of carbonyl (C=O) groups is 1. The molecule has 0 saturated carbocycles. The third-order valence-electron chi connectivity index (χ3n) is 2.01. The smallest absolute Gasteiger partial charge is 0.262 e. The van der Waals surface area contributed by atoms with Gasteiger partial charge in [-0.25, -0.2) is 8.42 Å². The molecule has 1 heterocycles. The van der Waals surface area contributed by atoms with Crippen LogP contribution >= 0.6 is 0 Å². The Morgan fingerprint density at radius 1 is 1.40 bits per heavy atom. The SMILES string of the molecule is CS(=O)(=O)c1ccc2c(c1)OCC(=O)N2. The van der Waals surface area contributed by atoms with E-state index in [0.29, 0.717) is 11.4 Å². The van der Waals surface area contributed by atoms with Crippen molar-refractivity contribution >= 4 is 21.4 Å². The molecule has 6 heteroatoms. The lowest BCUT2D eigenvalue weighted by Gasteiger charge is -2.18. The van der Waals surface area contributed by atoms with Gasteiger partial charge in [0, 0.05) is 12.3 Å². The number of benzene rings is 1. The molecule has 1 aromatic rings. The van der Waals surface area contributed by atoms with Crippen LogP contribution in [0.1, 0.15) is 0 Å². The van der Waals surface area contributed by atoms with Gasteiger partial charge in [0.15, 0.2) is 16.4 Å². The molecule has 0 fully saturated rings. The molecule has 0 radical (unpaired) electrons. The van der Waals surface area contributed by atoms with Crippen LogP contribution in [0, 0.1) is 0 Å². The minimum atomic E-state index is -3.24. The molecule has 1 N–H and O–H groups in total. The fourth-order valence-electron chi connectivity index (χ4n) is 1.29. The summed E-state index contributed by atoms with van der Waals surface area (Å²) in [6, 6.07) is 4.36. The molecule has 0 aromatic heterocycles. The van der Waals surface area contributed by atoms with E-state index in [1.54, 1.807) is 0 Å². The van der Waals surface area contributed by atoms with E-state index in [2.05, 4.69) is 5.32 Å². The number of hydrogen-bond acceptors (Lipinski definition) is 4. The first-order chi connectivity index (χ1) is 6.97. The van der Waals surface area contributed by atoms with Gasteiger partial charge in [-0.2, -0.15) is 0 Å². The van der Waals surface area contributed by atoms with Gasteiger partial charge in [0.05, 0.1) is 10.6 Å². The summed E-state index contributed by atoms with van der Waals surface area (Å²) in [7, 11) is -3.24. The number of sulfone groups is 1. The molecule has 1 amide bonds. The first-order valence-corrected chi connectivity index (χ1v) is 6.13. The topological polar surface area (TPSA) is 72.5 Å². The van der Waals surface area contributed by atoms with Crippen LogP contribution in [-0.2, 0) is 14.6 Å². The summed E-state index contributed by atoms with van der Waals surface area (Å²) in [5.41, 5.74) is 0.499. The first kappa shape index (κ1) is 9.97. The van der Waals surface area contributed by atoms with Crippen molar-refractivity contribution in [3.63, 3.8) is 0 Å². The maximum absolute atomic E-state index is 11.2. The summed E-state index contributed by atoms with van der Waals surface area (Å²) in [6.45, 7) is -0.0831. The summed E-state index contributed by atoms with van der Waals surface area (Å²) in [6.07, 6.45) is 1.12. The van der Waals surface area contributed by atoms with Crippen molar-refractivity contribution in [3.05, 3.63) is 18.2 Å². The highest BCUT2D eigenvalue weighted by Gasteiger charge is 2.18. The highest BCUT2D eigenvalue weighted by molar-refractivity contribution is 7.90. The largest absolute Gasteiger partial charge is 0.482 e. The van der Waals surface area contributed by atoms with Gasteiger partial charge in [-0.15, -0.1) is 0 Å².